The molecule has 44 heavy (non-hydrogen) atoms. The zero-order valence-corrected chi connectivity index (χ0v) is 23.9. The Morgan fingerprint density at radius 3 is 1.52 bits per heavy atom. The van der Waals surface area contributed by atoms with Crippen molar-refractivity contribution in [3.63, 3.8) is 0 Å². The number of halogens is 4. The van der Waals surface area contributed by atoms with Gasteiger partial charge in [0.25, 0.3) is 23.7 Å². The monoisotopic (exact) mass is 618 g/mol. The summed E-state index contributed by atoms with van der Waals surface area (Å²) in [5, 5.41) is 0. The van der Waals surface area contributed by atoms with Gasteiger partial charge in [0.15, 0.2) is 0 Å². The van der Waals surface area contributed by atoms with Crippen LogP contribution in [-0.4, -0.2) is 111 Å². The van der Waals surface area contributed by atoms with E-state index in [1.54, 1.807) is 24.3 Å². The number of fused-ring (bicyclic) bond motifs is 4. The predicted molar refractivity (Wildman–Crippen MR) is 151 cm³/mol. The van der Waals surface area contributed by atoms with E-state index in [2.05, 4.69) is 9.98 Å². The van der Waals surface area contributed by atoms with Crippen LogP contribution in [0.1, 0.15) is 33.6 Å². The minimum Gasteiger partial charge on any atom is -0.497 e. The Morgan fingerprint density at radius 2 is 1.14 bits per heavy atom. The molecule has 6 rings (SSSR count). The zero-order valence-electron chi connectivity index (χ0n) is 23.9. The summed E-state index contributed by atoms with van der Waals surface area (Å²) in [4.78, 5) is 36.9. The SMILES string of the molecule is COc1ccc2c(c1)C(=O)N1CC(F)(F)C(OCCCCOC3[C@H]4C=Nc5ccc(OC)cc5C(=O)N4CC3(F)F)[C@H]1C=N2. The van der Waals surface area contributed by atoms with Crippen molar-refractivity contribution in [2.24, 2.45) is 9.98 Å². The normalized spacial score (nSPS) is 26.0. The number of carbonyl (C=O) groups excluding carboxylic acids is 2. The van der Waals surface area contributed by atoms with E-state index in [0.717, 1.165) is 9.80 Å². The van der Waals surface area contributed by atoms with Crippen LogP contribution in [0, 0.1) is 0 Å². The lowest BCUT2D eigenvalue weighted by molar-refractivity contribution is -0.117. The van der Waals surface area contributed by atoms with Crippen LogP contribution in [0.4, 0.5) is 28.9 Å². The molecule has 0 N–H and O–H groups in total. The average Bonchev–Trinajstić information content (AvgIpc) is 3.31. The van der Waals surface area contributed by atoms with Crippen LogP contribution in [0.25, 0.3) is 0 Å². The number of amides is 2. The van der Waals surface area contributed by atoms with Crippen molar-refractivity contribution < 1.29 is 46.1 Å². The first kappa shape index (κ1) is 30.0. The molecule has 10 nitrogen and oxygen atoms in total. The molecule has 2 amide bonds. The van der Waals surface area contributed by atoms with Crippen LogP contribution in [0.3, 0.4) is 0 Å². The van der Waals surface area contributed by atoms with Crippen molar-refractivity contribution >= 4 is 35.6 Å². The molecule has 0 spiro atoms. The summed E-state index contributed by atoms with van der Waals surface area (Å²) >= 11 is 0. The highest BCUT2D eigenvalue weighted by atomic mass is 19.3. The van der Waals surface area contributed by atoms with Crippen LogP contribution in [0.5, 0.6) is 11.5 Å². The van der Waals surface area contributed by atoms with Gasteiger partial charge < -0.3 is 28.7 Å². The van der Waals surface area contributed by atoms with Gasteiger partial charge in [-0.1, -0.05) is 0 Å². The Bertz CT molecular complexity index is 1410. The molecule has 0 aromatic heterocycles. The minimum absolute atomic E-state index is 0.121. The van der Waals surface area contributed by atoms with Crippen LogP contribution >= 0.6 is 0 Å². The van der Waals surface area contributed by atoms with Crippen LogP contribution in [-0.2, 0) is 9.47 Å². The van der Waals surface area contributed by atoms with Gasteiger partial charge in [-0.25, -0.2) is 17.6 Å². The predicted octanol–water partition coefficient (Wildman–Crippen LogP) is 4.31. The van der Waals surface area contributed by atoms with Crippen molar-refractivity contribution in [3.8, 4) is 11.5 Å². The topological polar surface area (TPSA) is 102 Å². The number of unbranched alkanes of at least 4 members (excludes halogenated alkanes) is 1. The second kappa shape index (κ2) is 11.5. The third-order valence-corrected chi connectivity index (χ3v) is 8.19. The Morgan fingerprint density at radius 1 is 0.727 bits per heavy atom. The fourth-order valence-corrected chi connectivity index (χ4v) is 5.94. The first-order chi connectivity index (χ1) is 21.0. The molecule has 2 aromatic rings. The van der Waals surface area contributed by atoms with Gasteiger partial charge in [-0.15, -0.1) is 0 Å². The number of alkyl halides is 4. The van der Waals surface area contributed by atoms with Gasteiger partial charge in [-0.3, -0.25) is 19.6 Å². The van der Waals surface area contributed by atoms with Gasteiger partial charge in [-0.2, -0.15) is 0 Å². The van der Waals surface area contributed by atoms with Crippen molar-refractivity contribution in [2.45, 2.75) is 49.0 Å². The van der Waals surface area contributed by atoms with E-state index in [0.29, 0.717) is 22.9 Å². The van der Waals surface area contributed by atoms with E-state index in [4.69, 9.17) is 18.9 Å². The van der Waals surface area contributed by atoms with E-state index in [1.807, 2.05) is 0 Å². The quantitative estimate of drug-likeness (QED) is 0.307. The maximum atomic E-state index is 15.0. The van der Waals surface area contributed by atoms with Crippen LogP contribution < -0.4 is 9.47 Å². The van der Waals surface area contributed by atoms with Gasteiger partial charge in [0, 0.05) is 25.6 Å². The molecular formula is C30H30F4N4O6. The van der Waals surface area contributed by atoms with Crippen LogP contribution in [0.2, 0.25) is 0 Å². The van der Waals surface area contributed by atoms with Gasteiger partial charge in [0.2, 0.25) is 0 Å². The Kier molecular flexibility index (Phi) is 7.82. The molecule has 4 aliphatic rings. The zero-order chi connectivity index (χ0) is 31.2. The second-order valence-electron chi connectivity index (χ2n) is 11.0. The summed E-state index contributed by atoms with van der Waals surface area (Å²) < 4.78 is 81.5. The fourth-order valence-electron chi connectivity index (χ4n) is 5.94. The van der Waals surface area contributed by atoms with Crippen molar-refractivity contribution in [1.82, 2.24) is 9.80 Å². The summed E-state index contributed by atoms with van der Waals surface area (Å²) in [6, 6.07) is 7.16. The first-order valence-corrected chi connectivity index (χ1v) is 14.1. The molecule has 2 unspecified atom stereocenters. The van der Waals surface area contributed by atoms with E-state index in [-0.39, 0.29) is 37.2 Å². The van der Waals surface area contributed by atoms with Crippen molar-refractivity contribution in [1.29, 1.82) is 0 Å². The molecule has 0 radical (unpaired) electrons. The maximum Gasteiger partial charge on any atom is 0.293 e. The van der Waals surface area contributed by atoms with Crippen LogP contribution in [0.15, 0.2) is 46.4 Å². The summed E-state index contributed by atoms with van der Waals surface area (Å²) in [5.74, 6) is -7.06. The molecule has 2 aromatic carbocycles. The smallest absolute Gasteiger partial charge is 0.293 e. The molecular weight excluding hydrogens is 588 g/mol. The lowest BCUT2D eigenvalue weighted by atomic mass is 10.1. The third kappa shape index (κ3) is 5.30. The molecule has 0 aliphatic carbocycles. The number of methoxy groups -OCH3 is 2. The number of hydrogen-bond donors (Lipinski definition) is 0. The number of benzene rings is 2. The van der Waals surface area contributed by atoms with E-state index in [9.17, 15) is 9.59 Å². The lowest BCUT2D eigenvalue weighted by Gasteiger charge is -2.24. The standard InChI is InChI=1S/C30H30F4N4O6/c1-41-17-5-7-21-19(11-17)27(39)37-15-29(31,32)25(23(37)13-35-21)43-9-3-4-10-44-26-24-14-36-22-8-6-18(42-2)12-20(22)28(40)38(24)16-30(26,33)34/h5-8,11-14,23-26H,3-4,9-10,15-16H2,1-2H3/t23-,24-,25?,26?/m1/s1. The number of nitrogens with zero attached hydrogens (tertiary/aromatic N) is 4. The largest absolute Gasteiger partial charge is 0.497 e. The maximum absolute atomic E-state index is 15.0. The summed E-state index contributed by atoms with van der Waals surface area (Å²) in [5.41, 5.74) is 0.998. The summed E-state index contributed by atoms with van der Waals surface area (Å²) in [6.07, 6.45) is -0.215. The van der Waals surface area contributed by atoms with Gasteiger partial charge in [-0.05, 0) is 49.2 Å². The fraction of sp³-hybridized carbons (Fsp3) is 0.467. The van der Waals surface area contributed by atoms with Gasteiger partial charge >= 0.3 is 0 Å². The molecule has 4 atom stereocenters. The molecule has 0 bridgehead atoms. The Hall–Kier alpha value is -4.04. The first-order valence-electron chi connectivity index (χ1n) is 14.1. The Balaban J connectivity index is 1.04. The molecule has 2 fully saturated rings. The third-order valence-electron chi connectivity index (χ3n) is 8.19. The molecule has 0 saturated carbocycles. The highest BCUT2D eigenvalue weighted by Crippen LogP contribution is 2.40. The number of ether oxygens (including phenoxy) is 4. The summed E-state index contributed by atoms with van der Waals surface area (Å²) in [7, 11) is 2.87. The van der Waals surface area contributed by atoms with Gasteiger partial charge in [0.1, 0.15) is 23.7 Å². The molecule has 4 aliphatic heterocycles. The molecule has 2 saturated heterocycles. The second-order valence-corrected chi connectivity index (χ2v) is 11.0. The lowest BCUT2D eigenvalue weighted by Crippen LogP contribution is -2.43. The number of rotatable bonds is 9. The Labute approximate surface area is 250 Å². The minimum atomic E-state index is -3.33. The molecule has 234 valence electrons. The van der Waals surface area contributed by atoms with E-state index in [1.165, 1.54) is 38.8 Å². The van der Waals surface area contributed by atoms with Gasteiger partial charge in [0.05, 0.1) is 61.9 Å². The van der Waals surface area contributed by atoms with Crippen molar-refractivity contribution in [3.05, 3.63) is 47.5 Å². The van der Waals surface area contributed by atoms with E-state index < -0.39 is 61.0 Å². The molecule has 4 heterocycles. The highest BCUT2D eigenvalue weighted by molar-refractivity contribution is 6.04. The summed E-state index contributed by atoms with van der Waals surface area (Å²) in [6.45, 7) is -1.91. The molecule has 14 heteroatoms. The van der Waals surface area contributed by atoms with E-state index >= 15 is 17.6 Å². The highest BCUT2D eigenvalue weighted by Gasteiger charge is 2.58. The average molecular weight is 619 g/mol. The number of carbonyl (C=O) groups is 2. The van der Waals surface area contributed by atoms with Crippen molar-refractivity contribution in [2.75, 3.05) is 40.5 Å². The number of hydrogen-bond acceptors (Lipinski definition) is 8. The number of aliphatic imine (C=N–C) groups is 2.